The average molecular weight is 296 g/mol. The largest absolute Gasteiger partial charge is 0.495 e. The highest BCUT2D eigenvalue weighted by Crippen LogP contribution is 2.27. The van der Waals surface area contributed by atoms with Crippen molar-refractivity contribution >= 4 is 24.2 Å². The third kappa shape index (κ3) is 2.80. The van der Waals surface area contributed by atoms with E-state index in [9.17, 15) is 4.79 Å². The van der Waals surface area contributed by atoms with Crippen LogP contribution in [0.2, 0.25) is 5.02 Å². The Kier molecular flexibility index (Phi) is 4.22. The zero-order valence-corrected chi connectivity index (χ0v) is 12.3. The van der Waals surface area contributed by atoms with Crippen molar-refractivity contribution in [2.24, 2.45) is 0 Å². The summed E-state index contributed by atoms with van der Waals surface area (Å²) in [6.07, 6.45) is 1.78. The first kappa shape index (κ1) is 14.0. The topological polar surface area (TPSA) is 31.2 Å². The standard InChI is InChI=1S/C14H14ClNO2S/c1-9-5-13(17)10(8-19)7-16(9)12-6-11(15)3-4-14(12)18-2/h3-7,19H,8H2,1-2H3. The molecule has 0 amide bonds. The maximum Gasteiger partial charge on any atom is 0.185 e. The molecule has 1 aromatic heterocycles. The quantitative estimate of drug-likeness (QED) is 0.882. The second-order valence-corrected chi connectivity index (χ2v) is 4.90. The Hall–Kier alpha value is -1.39. The molecule has 0 aliphatic rings. The first-order chi connectivity index (χ1) is 9.06. The minimum absolute atomic E-state index is 0.00950. The highest BCUT2D eigenvalue weighted by molar-refractivity contribution is 7.79. The van der Waals surface area contributed by atoms with E-state index in [1.165, 1.54) is 0 Å². The summed E-state index contributed by atoms with van der Waals surface area (Å²) >= 11 is 10.2. The molecule has 0 N–H and O–H groups in total. The average Bonchev–Trinajstić information content (AvgIpc) is 2.39. The lowest BCUT2D eigenvalue weighted by Crippen LogP contribution is -2.13. The first-order valence-electron chi connectivity index (χ1n) is 5.73. The van der Waals surface area contributed by atoms with Crippen molar-refractivity contribution in [1.29, 1.82) is 0 Å². The van der Waals surface area contributed by atoms with E-state index in [0.29, 0.717) is 22.1 Å². The molecular formula is C14H14ClNO2S. The number of hydrogen-bond acceptors (Lipinski definition) is 3. The van der Waals surface area contributed by atoms with Gasteiger partial charge in [-0.05, 0) is 25.1 Å². The molecule has 100 valence electrons. The molecule has 0 spiro atoms. The van der Waals surface area contributed by atoms with Gasteiger partial charge in [0, 0.05) is 34.3 Å². The fourth-order valence-corrected chi connectivity index (χ4v) is 2.31. The lowest BCUT2D eigenvalue weighted by Gasteiger charge is -2.15. The number of halogens is 1. The highest BCUT2D eigenvalue weighted by Gasteiger charge is 2.10. The van der Waals surface area contributed by atoms with Crippen LogP contribution >= 0.6 is 24.2 Å². The number of ether oxygens (including phenoxy) is 1. The molecule has 0 fully saturated rings. The maximum atomic E-state index is 11.8. The molecule has 3 nitrogen and oxygen atoms in total. The molecule has 0 aliphatic carbocycles. The van der Waals surface area contributed by atoms with Gasteiger partial charge in [-0.25, -0.2) is 0 Å². The third-order valence-electron chi connectivity index (χ3n) is 2.89. The van der Waals surface area contributed by atoms with E-state index >= 15 is 0 Å². The lowest BCUT2D eigenvalue weighted by molar-refractivity contribution is 0.412. The molecule has 1 aromatic carbocycles. The molecule has 2 rings (SSSR count). The van der Waals surface area contributed by atoms with E-state index in [1.807, 2.05) is 11.5 Å². The fourth-order valence-electron chi connectivity index (χ4n) is 1.90. The summed E-state index contributed by atoms with van der Waals surface area (Å²) < 4.78 is 7.22. The number of nitrogens with zero attached hydrogens (tertiary/aromatic N) is 1. The van der Waals surface area contributed by atoms with Crippen LogP contribution in [0.15, 0.2) is 35.3 Å². The van der Waals surface area contributed by atoms with Gasteiger partial charge in [-0.2, -0.15) is 12.6 Å². The summed E-state index contributed by atoms with van der Waals surface area (Å²) in [5.74, 6) is 1.09. The van der Waals surface area contributed by atoms with Crippen LogP contribution in [0.25, 0.3) is 5.69 Å². The summed E-state index contributed by atoms with van der Waals surface area (Å²) in [7, 11) is 1.60. The number of aromatic nitrogens is 1. The van der Waals surface area contributed by atoms with Crippen molar-refractivity contribution in [3.8, 4) is 11.4 Å². The molecule has 0 bridgehead atoms. The Bertz CT molecular complexity index is 667. The molecule has 1 heterocycles. The van der Waals surface area contributed by atoms with Crippen LogP contribution in [0.4, 0.5) is 0 Å². The van der Waals surface area contributed by atoms with E-state index in [2.05, 4.69) is 12.6 Å². The van der Waals surface area contributed by atoms with Crippen LogP contribution < -0.4 is 10.2 Å². The Labute approximate surface area is 122 Å². The number of rotatable bonds is 3. The van der Waals surface area contributed by atoms with E-state index in [0.717, 1.165) is 11.4 Å². The van der Waals surface area contributed by atoms with Crippen LogP contribution in [-0.2, 0) is 5.75 Å². The second-order valence-electron chi connectivity index (χ2n) is 4.15. The monoisotopic (exact) mass is 295 g/mol. The summed E-state index contributed by atoms with van der Waals surface area (Å²) in [5, 5.41) is 0.612. The van der Waals surface area contributed by atoms with Gasteiger partial charge >= 0.3 is 0 Å². The molecule has 5 heteroatoms. The van der Waals surface area contributed by atoms with Crippen LogP contribution in [0, 0.1) is 6.92 Å². The van der Waals surface area contributed by atoms with Gasteiger partial charge in [-0.1, -0.05) is 11.6 Å². The zero-order valence-electron chi connectivity index (χ0n) is 10.7. The third-order valence-corrected chi connectivity index (χ3v) is 3.47. The summed E-state index contributed by atoms with van der Waals surface area (Å²) in [6.45, 7) is 1.87. The number of methoxy groups -OCH3 is 1. The summed E-state index contributed by atoms with van der Waals surface area (Å²) in [6, 6.07) is 6.96. The van der Waals surface area contributed by atoms with Gasteiger partial charge in [-0.15, -0.1) is 0 Å². The molecule has 0 radical (unpaired) electrons. The molecule has 19 heavy (non-hydrogen) atoms. The SMILES string of the molecule is COc1ccc(Cl)cc1-n1cc(CS)c(=O)cc1C. The molecular weight excluding hydrogens is 282 g/mol. The van der Waals surface area contributed by atoms with Crippen molar-refractivity contribution in [2.75, 3.05) is 7.11 Å². The van der Waals surface area contributed by atoms with Crippen molar-refractivity contribution in [3.63, 3.8) is 0 Å². The zero-order chi connectivity index (χ0) is 14.0. The van der Waals surface area contributed by atoms with E-state index in [1.54, 1.807) is 37.6 Å². The first-order valence-corrected chi connectivity index (χ1v) is 6.75. The number of hydrogen-bond donors (Lipinski definition) is 1. The molecule has 0 atom stereocenters. The van der Waals surface area contributed by atoms with Gasteiger partial charge in [-0.3, -0.25) is 4.79 Å². The van der Waals surface area contributed by atoms with Gasteiger partial charge in [0.1, 0.15) is 5.75 Å². The van der Waals surface area contributed by atoms with E-state index in [-0.39, 0.29) is 5.43 Å². The molecule has 0 unspecified atom stereocenters. The summed E-state index contributed by atoms with van der Waals surface area (Å²) in [5.41, 5.74) is 2.24. The fraction of sp³-hybridized carbons (Fsp3) is 0.214. The Balaban J connectivity index is 2.71. The van der Waals surface area contributed by atoms with Crippen molar-refractivity contribution in [3.05, 3.63) is 57.0 Å². The second kappa shape index (κ2) is 5.72. The maximum absolute atomic E-state index is 11.8. The Morgan fingerprint density at radius 1 is 1.37 bits per heavy atom. The van der Waals surface area contributed by atoms with Gasteiger partial charge in [0.25, 0.3) is 0 Å². The van der Waals surface area contributed by atoms with Gasteiger partial charge < -0.3 is 9.30 Å². The number of aryl methyl sites for hydroxylation is 1. The van der Waals surface area contributed by atoms with E-state index in [4.69, 9.17) is 16.3 Å². The minimum Gasteiger partial charge on any atom is -0.495 e. The normalized spacial score (nSPS) is 10.5. The smallest absolute Gasteiger partial charge is 0.185 e. The van der Waals surface area contributed by atoms with Crippen LogP contribution in [0.1, 0.15) is 11.3 Å². The number of pyridine rings is 1. The Morgan fingerprint density at radius 2 is 2.11 bits per heavy atom. The van der Waals surface area contributed by atoms with E-state index < -0.39 is 0 Å². The number of benzene rings is 1. The predicted octanol–water partition coefficient (Wildman–Crippen LogP) is 3.24. The predicted molar refractivity (Wildman–Crippen MR) is 81.0 cm³/mol. The van der Waals surface area contributed by atoms with Crippen molar-refractivity contribution < 1.29 is 4.74 Å². The van der Waals surface area contributed by atoms with Crippen LogP contribution in [0.3, 0.4) is 0 Å². The summed E-state index contributed by atoms with van der Waals surface area (Å²) in [4.78, 5) is 11.8. The minimum atomic E-state index is -0.00950. The van der Waals surface area contributed by atoms with Crippen molar-refractivity contribution in [1.82, 2.24) is 4.57 Å². The number of thiol groups is 1. The lowest BCUT2D eigenvalue weighted by atomic mass is 10.2. The molecule has 2 aromatic rings. The molecule has 0 aliphatic heterocycles. The highest BCUT2D eigenvalue weighted by atomic mass is 35.5. The van der Waals surface area contributed by atoms with Crippen LogP contribution in [0.5, 0.6) is 5.75 Å². The molecule has 0 saturated heterocycles. The van der Waals surface area contributed by atoms with Crippen molar-refractivity contribution in [2.45, 2.75) is 12.7 Å². The molecule has 0 saturated carbocycles. The Morgan fingerprint density at radius 3 is 2.74 bits per heavy atom. The van der Waals surface area contributed by atoms with Gasteiger partial charge in [0.05, 0.1) is 12.8 Å². The van der Waals surface area contributed by atoms with Crippen LogP contribution in [-0.4, -0.2) is 11.7 Å². The van der Waals surface area contributed by atoms with Gasteiger partial charge in [0.2, 0.25) is 0 Å². The van der Waals surface area contributed by atoms with Gasteiger partial charge in [0.15, 0.2) is 5.43 Å².